The minimum atomic E-state index is 0.170. The number of rotatable bonds is 5. The summed E-state index contributed by atoms with van der Waals surface area (Å²) in [6.07, 6.45) is 24.1. The number of aryl methyl sites for hydroxylation is 1. The molecule has 61 heavy (non-hydrogen) atoms. The van der Waals surface area contributed by atoms with E-state index >= 15 is 0 Å². The number of hydrogen-bond donors (Lipinski definition) is 0. The Hall–Kier alpha value is -7.08. The van der Waals surface area contributed by atoms with Gasteiger partial charge in [-0.2, -0.15) is 0 Å². The predicted octanol–water partition coefficient (Wildman–Crippen LogP) is 14.0. The van der Waals surface area contributed by atoms with Crippen LogP contribution in [0.25, 0.3) is 83.1 Å². The summed E-state index contributed by atoms with van der Waals surface area (Å²) in [5, 5.41) is 6.14. The fourth-order valence-electron chi connectivity index (χ4n) is 10.6. The molecule has 0 radical (unpaired) electrons. The van der Waals surface area contributed by atoms with Gasteiger partial charge in [-0.3, -0.25) is 4.57 Å². The van der Waals surface area contributed by atoms with Crippen molar-refractivity contribution in [3.05, 3.63) is 209 Å². The van der Waals surface area contributed by atoms with Crippen molar-refractivity contribution in [1.82, 2.24) is 19.1 Å². The largest absolute Gasteiger partial charge is 0.309 e. The van der Waals surface area contributed by atoms with Crippen LogP contribution in [0.2, 0.25) is 0 Å². The lowest BCUT2D eigenvalue weighted by atomic mass is 9.83. The summed E-state index contributed by atoms with van der Waals surface area (Å²) in [6.45, 7) is 0. The molecule has 0 amide bonds. The Morgan fingerprint density at radius 3 is 2.30 bits per heavy atom. The topological polar surface area (TPSA) is 35.6 Å². The molecule has 4 aliphatic carbocycles. The maximum absolute atomic E-state index is 5.70. The summed E-state index contributed by atoms with van der Waals surface area (Å²) < 4.78 is 4.83. The van der Waals surface area contributed by atoms with Crippen LogP contribution in [0.4, 0.5) is 0 Å². The van der Waals surface area contributed by atoms with Crippen molar-refractivity contribution in [3.8, 4) is 44.3 Å². The Morgan fingerprint density at radius 1 is 0.607 bits per heavy atom. The zero-order valence-corrected chi connectivity index (χ0v) is 34.3. The van der Waals surface area contributed by atoms with Gasteiger partial charge >= 0.3 is 0 Å². The van der Waals surface area contributed by atoms with Gasteiger partial charge in [-0.05, 0) is 101 Å². The molecule has 0 saturated carbocycles. The van der Waals surface area contributed by atoms with E-state index in [0.717, 1.165) is 54.2 Å². The van der Waals surface area contributed by atoms with Crippen LogP contribution in [0, 0.1) is 5.92 Å². The van der Waals surface area contributed by atoms with Gasteiger partial charge in [0.25, 0.3) is 0 Å². The van der Waals surface area contributed by atoms with Gasteiger partial charge in [-0.15, -0.1) is 11.3 Å². The van der Waals surface area contributed by atoms with Crippen molar-refractivity contribution in [2.24, 2.45) is 5.92 Å². The molecule has 4 nitrogen and oxygen atoms in total. The Kier molecular flexibility index (Phi) is 7.82. The normalized spacial score (nSPS) is 17.4. The molecule has 0 aliphatic heterocycles. The third-order valence-corrected chi connectivity index (χ3v) is 14.4. The smallest absolute Gasteiger partial charge is 0.235 e. The fraction of sp³-hybridized carbons (Fsp3) is 0.107. The van der Waals surface area contributed by atoms with Gasteiger partial charge in [0.1, 0.15) is 0 Å². The van der Waals surface area contributed by atoms with Crippen molar-refractivity contribution in [2.75, 3.05) is 0 Å². The molecule has 13 rings (SSSR count). The van der Waals surface area contributed by atoms with Gasteiger partial charge in [0, 0.05) is 49.7 Å². The van der Waals surface area contributed by atoms with Crippen molar-refractivity contribution in [2.45, 2.75) is 31.6 Å². The van der Waals surface area contributed by atoms with E-state index in [1.807, 2.05) is 11.3 Å². The lowest BCUT2D eigenvalue weighted by Gasteiger charge is -2.25. The van der Waals surface area contributed by atoms with E-state index < -0.39 is 0 Å². The van der Waals surface area contributed by atoms with Crippen molar-refractivity contribution in [1.29, 1.82) is 0 Å². The third kappa shape index (κ3) is 5.37. The van der Waals surface area contributed by atoms with E-state index in [1.165, 1.54) is 82.3 Å². The highest BCUT2D eigenvalue weighted by Crippen LogP contribution is 2.48. The van der Waals surface area contributed by atoms with Crippen LogP contribution in [0.15, 0.2) is 181 Å². The molecule has 290 valence electrons. The zero-order valence-electron chi connectivity index (χ0n) is 33.5. The molecule has 2 unspecified atom stereocenters. The molecule has 4 aliphatic rings. The lowest BCUT2D eigenvalue weighted by molar-refractivity contribution is 0.747. The van der Waals surface area contributed by atoms with E-state index in [2.05, 4.69) is 191 Å². The molecule has 0 spiro atoms. The van der Waals surface area contributed by atoms with E-state index in [1.54, 1.807) is 0 Å². The summed E-state index contributed by atoms with van der Waals surface area (Å²) in [7, 11) is 0. The minimum absolute atomic E-state index is 0.170. The van der Waals surface area contributed by atoms with Gasteiger partial charge in [0.05, 0.1) is 33.6 Å². The Bertz CT molecular complexity index is 3420. The number of fused-ring (bicyclic) bond motifs is 10. The number of benzene rings is 5. The maximum Gasteiger partial charge on any atom is 0.235 e. The molecule has 9 aromatic rings. The molecule has 4 aromatic heterocycles. The van der Waals surface area contributed by atoms with Gasteiger partial charge in [0.2, 0.25) is 5.95 Å². The van der Waals surface area contributed by atoms with Crippen LogP contribution < -0.4 is 0 Å². The van der Waals surface area contributed by atoms with Crippen LogP contribution in [-0.2, 0) is 19.3 Å². The van der Waals surface area contributed by atoms with Crippen molar-refractivity contribution < 1.29 is 0 Å². The molecule has 2 atom stereocenters. The van der Waals surface area contributed by atoms with Gasteiger partial charge in [-0.25, -0.2) is 9.97 Å². The van der Waals surface area contributed by atoms with Gasteiger partial charge in [0.15, 0.2) is 0 Å². The summed E-state index contributed by atoms with van der Waals surface area (Å²) in [5.74, 6) is 1.28. The highest BCUT2D eigenvalue weighted by atomic mass is 32.1. The Balaban J connectivity index is 1.04. The molecule has 5 heteroatoms. The third-order valence-electron chi connectivity index (χ3n) is 13.4. The van der Waals surface area contributed by atoms with Crippen LogP contribution in [0.1, 0.15) is 40.5 Å². The van der Waals surface area contributed by atoms with Gasteiger partial charge in [-0.1, -0.05) is 140 Å². The first-order chi connectivity index (χ1) is 30.3. The number of nitrogens with zero attached hydrogens (tertiary/aromatic N) is 4. The standard InChI is InChI=1S/C56H40N4S/c1-4-15-35(16-5-1)47-34-61-55-44(47)28-29-48-52(55)53(36-17-6-2-7-18-36)58-56(57-48)60-50-30-27-39(32-45(50)46-31-37-19-10-11-20-38(37)33-51(46)60)41-24-14-25-43-42-23-12-13-26-49(42)59(54(41)43)40-21-8-3-9-22-40/h1-17,19-27,30,32-34,36-37H,18,28-29,31H2. The second kappa shape index (κ2) is 13.7. The highest BCUT2D eigenvalue weighted by molar-refractivity contribution is 7.14. The first kappa shape index (κ1) is 34.8. The van der Waals surface area contributed by atoms with Crippen molar-refractivity contribution >= 4 is 50.1 Å². The van der Waals surface area contributed by atoms with Crippen LogP contribution >= 0.6 is 11.3 Å². The summed E-state index contributed by atoms with van der Waals surface area (Å²) in [4.78, 5) is 12.6. The molecule has 0 bridgehead atoms. The fourth-order valence-corrected chi connectivity index (χ4v) is 11.8. The van der Waals surface area contributed by atoms with E-state index in [0.29, 0.717) is 5.92 Å². The summed E-state index contributed by atoms with van der Waals surface area (Å²) in [5.41, 5.74) is 18.7. The molecular weight excluding hydrogens is 761 g/mol. The first-order valence-electron chi connectivity index (χ1n) is 21.5. The Labute approximate surface area is 358 Å². The molecule has 5 aromatic carbocycles. The molecular formula is C56H40N4S. The van der Waals surface area contributed by atoms with E-state index in [4.69, 9.17) is 9.97 Å². The quantitative estimate of drug-likeness (QED) is 0.174. The average molecular weight is 801 g/mol. The number of thiophene rings is 1. The number of para-hydroxylation sites is 3. The van der Waals surface area contributed by atoms with E-state index in [9.17, 15) is 0 Å². The van der Waals surface area contributed by atoms with Crippen LogP contribution in [0.3, 0.4) is 0 Å². The molecule has 0 saturated heterocycles. The highest BCUT2D eigenvalue weighted by Gasteiger charge is 2.32. The van der Waals surface area contributed by atoms with E-state index in [-0.39, 0.29) is 5.92 Å². The van der Waals surface area contributed by atoms with Crippen LogP contribution in [-0.4, -0.2) is 19.1 Å². The Morgan fingerprint density at radius 2 is 1.41 bits per heavy atom. The second-order valence-electron chi connectivity index (χ2n) is 16.7. The SMILES string of the molecule is C1=CCC(c2nc(-n3c4c(c5cc(-c6cccc7c8ccccc8n(-c8ccccc8)c67)ccc53)CC3C=CC=CC3=C4)nc3c2-c2scc(-c4ccccc4)c2CC3)C=C1. The summed E-state index contributed by atoms with van der Waals surface area (Å²) >= 11 is 1.86. The number of hydrogen-bond acceptors (Lipinski definition) is 3. The summed E-state index contributed by atoms with van der Waals surface area (Å²) in [6, 6.07) is 44.3. The monoisotopic (exact) mass is 800 g/mol. The average Bonchev–Trinajstić information content (AvgIpc) is 4.01. The van der Waals surface area contributed by atoms with Gasteiger partial charge < -0.3 is 4.57 Å². The maximum atomic E-state index is 5.70. The zero-order chi connectivity index (χ0) is 40.0. The number of allylic oxidation sites excluding steroid dienone is 9. The molecule has 0 fully saturated rings. The van der Waals surface area contributed by atoms with Crippen LogP contribution in [0.5, 0.6) is 0 Å². The number of aromatic nitrogens is 4. The molecule has 0 N–H and O–H groups in total. The first-order valence-corrected chi connectivity index (χ1v) is 22.4. The predicted molar refractivity (Wildman–Crippen MR) is 254 cm³/mol. The van der Waals surface area contributed by atoms with Crippen molar-refractivity contribution in [3.63, 3.8) is 0 Å². The second-order valence-corrected chi connectivity index (χ2v) is 17.6. The molecule has 4 heterocycles. The minimum Gasteiger partial charge on any atom is -0.309 e. The lowest BCUT2D eigenvalue weighted by Crippen LogP contribution is -2.17.